The first-order valence-electron chi connectivity index (χ1n) is 9.94. The Bertz CT molecular complexity index is 835. The zero-order valence-corrected chi connectivity index (χ0v) is 17.2. The molecule has 0 unspecified atom stereocenters. The quantitative estimate of drug-likeness (QED) is 0.749. The first-order valence-corrected chi connectivity index (χ1v) is 9.94. The number of amides is 1. The molecule has 0 fully saturated rings. The number of hydrogen-bond acceptors (Lipinski definition) is 4. The number of carbonyl (C=O) groups is 1. The molecule has 150 valence electrons. The molecule has 3 rings (SSSR count). The summed E-state index contributed by atoms with van der Waals surface area (Å²) in [7, 11) is 3.59. The molecule has 0 spiro atoms. The molecule has 0 radical (unpaired) electrons. The van der Waals surface area contributed by atoms with Gasteiger partial charge in [0, 0.05) is 12.2 Å². The highest BCUT2D eigenvalue weighted by atomic mass is 16.5. The molecular formula is C23H30N2O3. The van der Waals surface area contributed by atoms with E-state index in [-0.39, 0.29) is 11.9 Å². The SMILES string of the molecule is CCOc1ccc(CN(C)[C@@H](C)C(=O)Nc2ccc3c(c2)CCC3)cc1OC. The van der Waals surface area contributed by atoms with E-state index < -0.39 is 0 Å². The number of nitrogens with one attached hydrogen (secondary N) is 1. The van der Waals surface area contributed by atoms with Crippen molar-refractivity contribution < 1.29 is 14.3 Å². The lowest BCUT2D eigenvalue weighted by molar-refractivity contribution is -0.120. The zero-order chi connectivity index (χ0) is 20.1. The van der Waals surface area contributed by atoms with Crippen molar-refractivity contribution in [2.24, 2.45) is 0 Å². The van der Waals surface area contributed by atoms with E-state index in [4.69, 9.17) is 9.47 Å². The first-order chi connectivity index (χ1) is 13.5. The third kappa shape index (κ3) is 4.65. The second kappa shape index (κ2) is 9.11. The maximum atomic E-state index is 12.7. The van der Waals surface area contributed by atoms with Crippen LogP contribution < -0.4 is 14.8 Å². The molecule has 5 heteroatoms. The van der Waals surface area contributed by atoms with Gasteiger partial charge in [-0.3, -0.25) is 9.69 Å². The Kier molecular flexibility index (Phi) is 6.57. The number of benzene rings is 2. The molecule has 1 N–H and O–H groups in total. The Balaban J connectivity index is 1.62. The van der Waals surface area contributed by atoms with Crippen molar-refractivity contribution in [2.75, 3.05) is 26.1 Å². The number of fused-ring (bicyclic) bond motifs is 1. The van der Waals surface area contributed by atoms with Gasteiger partial charge in [-0.25, -0.2) is 0 Å². The maximum Gasteiger partial charge on any atom is 0.241 e. The van der Waals surface area contributed by atoms with E-state index >= 15 is 0 Å². The van der Waals surface area contributed by atoms with Crippen LogP contribution in [-0.4, -0.2) is 37.6 Å². The lowest BCUT2D eigenvalue weighted by Crippen LogP contribution is -2.39. The van der Waals surface area contributed by atoms with Crippen LogP contribution in [0.2, 0.25) is 0 Å². The molecule has 0 saturated carbocycles. The van der Waals surface area contributed by atoms with Crippen LogP contribution in [0.15, 0.2) is 36.4 Å². The Morgan fingerprint density at radius 3 is 2.68 bits per heavy atom. The van der Waals surface area contributed by atoms with E-state index in [9.17, 15) is 4.79 Å². The molecule has 1 aliphatic rings. The Labute approximate surface area is 167 Å². The summed E-state index contributed by atoms with van der Waals surface area (Å²) in [4.78, 5) is 14.7. The molecule has 0 heterocycles. The highest BCUT2D eigenvalue weighted by molar-refractivity contribution is 5.94. The predicted octanol–water partition coefficient (Wildman–Crippen LogP) is 4.04. The van der Waals surface area contributed by atoms with Crippen LogP contribution in [0, 0.1) is 0 Å². The molecule has 0 aromatic heterocycles. The van der Waals surface area contributed by atoms with Crippen LogP contribution >= 0.6 is 0 Å². The standard InChI is InChI=1S/C23H30N2O3/c1-5-28-21-12-9-17(13-22(21)27-4)15-25(3)16(2)23(26)24-20-11-10-18-7-6-8-19(18)14-20/h9-14,16H,5-8,15H2,1-4H3,(H,24,26)/t16-/m0/s1. The number of anilines is 1. The van der Waals surface area contributed by atoms with Gasteiger partial charge in [-0.2, -0.15) is 0 Å². The van der Waals surface area contributed by atoms with E-state index in [0.29, 0.717) is 18.9 Å². The average molecular weight is 383 g/mol. The minimum absolute atomic E-state index is 0.00153. The Morgan fingerprint density at radius 1 is 1.14 bits per heavy atom. The third-order valence-electron chi connectivity index (χ3n) is 5.37. The summed E-state index contributed by atoms with van der Waals surface area (Å²) in [6.45, 7) is 5.11. The third-order valence-corrected chi connectivity index (χ3v) is 5.37. The van der Waals surface area contributed by atoms with Gasteiger partial charge in [0.1, 0.15) is 0 Å². The molecule has 1 aliphatic carbocycles. The molecule has 1 atom stereocenters. The van der Waals surface area contributed by atoms with Gasteiger partial charge in [-0.15, -0.1) is 0 Å². The zero-order valence-electron chi connectivity index (χ0n) is 17.2. The summed E-state index contributed by atoms with van der Waals surface area (Å²) in [6, 6.07) is 11.9. The van der Waals surface area contributed by atoms with Crippen molar-refractivity contribution in [1.82, 2.24) is 4.90 Å². The van der Waals surface area contributed by atoms with Crippen molar-refractivity contribution >= 4 is 11.6 Å². The van der Waals surface area contributed by atoms with E-state index in [1.165, 1.54) is 17.5 Å². The van der Waals surface area contributed by atoms with Gasteiger partial charge in [0.2, 0.25) is 5.91 Å². The number of likely N-dealkylation sites (N-methyl/N-ethyl adjacent to an activating group) is 1. The Morgan fingerprint density at radius 2 is 1.93 bits per heavy atom. The number of methoxy groups -OCH3 is 1. The minimum Gasteiger partial charge on any atom is -0.493 e. The van der Waals surface area contributed by atoms with Crippen molar-refractivity contribution in [3.8, 4) is 11.5 Å². The number of nitrogens with zero attached hydrogens (tertiary/aromatic N) is 1. The van der Waals surface area contributed by atoms with Gasteiger partial charge in [0.25, 0.3) is 0 Å². The molecule has 0 saturated heterocycles. The molecule has 2 aromatic rings. The van der Waals surface area contributed by atoms with Crippen LogP contribution in [0.4, 0.5) is 5.69 Å². The van der Waals surface area contributed by atoms with Gasteiger partial charge in [0.05, 0.1) is 19.8 Å². The van der Waals surface area contributed by atoms with Crippen molar-refractivity contribution in [3.63, 3.8) is 0 Å². The number of aryl methyl sites for hydroxylation is 2. The summed E-state index contributed by atoms with van der Waals surface area (Å²) in [6.07, 6.45) is 3.46. The predicted molar refractivity (Wildman–Crippen MR) is 112 cm³/mol. The van der Waals surface area contributed by atoms with E-state index in [1.807, 2.05) is 50.1 Å². The van der Waals surface area contributed by atoms with E-state index in [1.54, 1.807) is 7.11 Å². The molecule has 0 bridgehead atoms. The summed E-state index contributed by atoms with van der Waals surface area (Å²) in [5.74, 6) is 1.44. The van der Waals surface area contributed by atoms with Crippen molar-refractivity contribution in [1.29, 1.82) is 0 Å². The highest BCUT2D eigenvalue weighted by Crippen LogP contribution is 2.29. The number of ether oxygens (including phenoxy) is 2. The molecule has 0 aliphatic heterocycles. The maximum absolute atomic E-state index is 12.7. The molecule has 1 amide bonds. The minimum atomic E-state index is -0.259. The lowest BCUT2D eigenvalue weighted by Gasteiger charge is -2.24. The van der Waals surface area contributed by atoms with Gasteiger partial charge < -0.3 is 14.8 Å². The highest BCUT2D eigenvalue weighted by Gasteiger charge is 2.20. The van der Waals surface area contributed by atoms with Crippen LogP contribution in [0.5, 0.6) is 11.5 Å². The number of hydrogen-bond donors (Lipinski definition) is 1. The smallest absolute Gasteiger partial charge is 0.241 e. The lowest BCUT2D eigenvalue weighted by atomic mass is 10.1. The molecular weight excluding hydrogens is 352 g/mol. The van der Waals surface area contributed by atoms with E-state index in [2.05, 4.69) is 17.4 Å². The van der Waals surface area contributed by atoms with Gasteiger partial charge in [-0.1, -0.05) is 12.1 Å². The largest absolute Gasteiger partial charge is 0.493 e. The van der Waals surface area contributed by atoms with Crippen LogP contribution in [0.1, 0.15) is 37.0 Å². The van der Waals surface area contributed by atoms with Crippen molar-refractivity contribution in [2.45, 2.75) is 45.7 Å². The van der Waals surface area contributed by atoms with Crippen molar-refractivity contribution in [3.05, 3.63) is 53.1 Å². The second-order valence-electron chi connectivity index (χ2n) is 7.34. The second-order valence-corrected chi connectivity index (χ2v) is 7.34. The van der Waals surface area contributed by atoms with E-state index in [0.717, 1.165) is 29.8 Å². The average Bonchev–Trinajstić information content (AvgIpc) is 3.16. The topological polar surface area (TPSA) is 50.8 Å². The number of carbonyl (C=O) groups excluding carboxylic acids is 1. The fourth-order valence-corrected chi connectivity index (χ4v) is 3.61. The summed E-state index contributed by atoms with van der Waals surface area (Å²) < 4.78 is 11.0. The molecule has 2 aromatic carbocycles. The fourth-order valence-electron chi connectivity index (χ4n) is 3.61. The summed E-state index contributed by atoms with van der Waals surface area (Å²) in [5, 5.41) is 3.06. The Hall–Kier alpha value is -2.53. The fraction of sp³-hybridized carbons (Fsp3) is 0.435. The van der Waals surface area contributed by atoms with Gasteiger partial charge in [0.15, 0.2) is 11.5 Å². The number of rotatable bonds is 8. The van der Waals surface area contributed by atoms with Crippen LogP contribution in [-0.2, 0) is 24.2 Å². The molecule has 5 nitrogen and oxygen atoms in total. The first kappa shape index (κ1) is 20.2. The normalized spacial score (nSPS) is 13.9. The molecule has 28 heavy (non-hydrogen) atoms. The van der Waals surface area contributed by atoms with Crippen LogP contribution in [0.3, 0.4) is 0 Å². The van der Waals surface area contributed by atoms with Crippen LogP contribution in [0.25, 0.3) is 0 Å². The summed E-state index contributed by atoms with van der Waals surface area (Å²) >= 11 is 0. The van der Waals surface area contributed by atoms with Gasteiger partial charge in [-0.05, 0) is 81.1 Å². The monoisotopic (exact) mass is 382 g/mol. The summed E-state index contributed by atoms with van der Waals surface area (Å²) in [5.41, 5.74) is 4.72. The van der Waals surface area contributed by atoms with Gasteiger partial charge >= 0.3 is 0 Å².